The number of carbonyl (C=O) groups excluding carboxylic acids is 1. The van der Waals surface area contributed by atoms with Crippen LogP contribution in [0.15, 0.2) is 17.1 Å². The molecule has 1 aromatic heterocycles. The first-order valence-corrected chi connectivity index (χ1v) is 6.57. The van der Waals surface area contributed by atoms with Crippen LogP contribution in [0.25, 0.3) is 0 Å². The van der Waals surface area contributed by atoms with Crippen LogP contribution in [0.3, 0.4) is 0 Å². The van der Waals surface area contributed by atoms with Gasteiger partial charge >= 0.3 is 6.18 Å². The lowest BCUT2D eigenvalue weighted by molar-refractivity contribution is -0.137. The van der Waals surface area contributed by atoms with E-state index in [1.165, 1.54) is 0 Å². The van der Waals surface area contributed by atoms with E-state index in [-0.39, 0.29) is 12.7 Å². The van der Waals surface area contributed by atoms with Gasteiger partial charge in [-0.3, -0.25) is 9.59 Å². The second-order valence-corrected chi connectivity index (χ2v) is 4.89. The number of H-pyrrole nitrogens is 1. The summed E-state index contributed by atoms with van der Waals surface area (Å²) in [5.74, 6) is -0.647. The van der Waals surface area contributed by atoms with Crippen molar-refractivity contribution in [2.24, 2.45) is 0 Å². The zero-order chi connectivity index (χ0) is 15.5. The van der Waals surface area contributed by atoms with Crippen LogP contribution in [-0.2, 0) is 15.7 Å². The second kappa shape index (κ2) is 6.30. The Labute approximate surface area is 118 Å². The average Bonchev–Trinajstić information content (AvgIpc) is 2.91. The Morgan fingerprint density at radius 2 is 2.05 bits per heavy atom. The second-order valence-electron chi connectivity index (χ2n) is 4.89. The fraction of sp³-hybridized carbons (Fsp3) is 0.538. The average molecular weight is 304 g/mol. The van der Waals surface area contributed by atoms with E-state index in [1.54, 1.807) is 0 Å². The van der Waals surface area contributed by atoms with Crippen molar-refractivity contribution in [3.05, 3.63) is 28.2 Å². The van der Waals surface area contributed by atoms with Crippen LogP contribution in [0.2, 0.25) is 0 Å². The topological polar surface area (TPSA) is 71.2 Å². The molecule has 5 nitrogen and oxygen atoms in total. The van der Waals surface area contributed by atoms with Crippen molar-refractivity contribution < 1.29 is 22.7 Å². The van der Waals surface area contributed by atoms with Gasteiger partial charge in [-0.25, -0.2) is 0 Å². The number of nitrogens with one attached hydrogen (secondary N) is 2. The lowest BCUT2D eigenvalue weighted by Gasteiger charge is -2.12. The number of aromatic amines is 1. The number of pyridine rings is 1. The molecule has 2 N–H and O–H groups in total. The van der Waals surface area contributed by atoms with Gasteiger partial charge in [-0.1, -0.05) is 12.8 Å². The minimum Gasteiger partial charge on any atom is -0.368 e. The van der Waals surface area contributed by atoms with E-state index in [0.717, 1.165) is 25.7 Å². The quantitative estimate of drug-likeness (QED) is 0.896. The van der Waals surface area contributed by atoms with E-state index >= 15 is 0 Å². The molecule has 1 aliphatic carbocycles. The summed E-state index contributed by atoms with van der Waals surface area (Å²) in [7, 11) is 0. The number of rotatable bonds is 4. The van der Waals surface area contributed by atoms with Gasteiger partial charge in [-0.2, -0.15) is 13.2 Å². The number of carbonyl (C=O) groups is 1. The van der Waals surface area contributed by atoms with Gasteiger partial charge < -0.3 is 15.0 Å². The van der Waals surface area contributed by atoms with Crippen LogP contribution in [-0.4, -0.2) is 23.6 Å². The molecule has 21 heavy (non-hydrogen) atoms. The maximum absolute atomic E-state index is 12.5. The maximum atomic E-state index is 12.5. The first-order chi connectivity index (χ1) is 9.86. The Morgan fingerprint density at radius 1 is 1.38 bits per heavy atom. The third-order valence-corrected chi connectivity index (χ3v) is 3.26. The van der Waals surface area contributed by atoms with Gasteiger partial charge in [0, 0.05) is 6.20 Å². The summed E-state index contributed by atoms with van der Waals surface area (Å²) in [6, 6.07) is 0.603. The van der Waals surface area contributed by atoms with Gasteiger partial charge in [0.15, 0.2) is 0 Å². The fourth-order valence-corrected chi connectivity index (χ4v) is 2.18. The zero-order valence-electron chi connectivity index (χ0n) is 11.1. The molecule has 0 atom stereocenters. The SMILES string of the molecule is O=C(COC1CCCC1)Nc1cc(C(F)(F)F)c[nH]c1=O. The molecule has 0 aromatic carbocycles. The lowest BCUT2D eigenvalue weighted by atomic mass is 10.2. The number of ether oxygens (including phenoxy) is 1. The molecule has 1 fully saturated rings. The van der Waals surface area contributed by atoms with E-state index in [4.69, 9.17) is 4.74 Å². The summed E-state index contributed by atoms with van der Waals surface area (Å²) < 4.78 is 42.9. The number of anilines is 1. The molecule has 0 aliphatic heterocycles. The molecule has 0 unspecified atom stereocenters. The molecule has 0 spiro atoms. The molecular weight excluding hydrogens is 289 g/mol. The highest BCUT2D eigenvalue weighted by Crippen LogP contribution is 2.29. The van der Waals surface area contributed by atoms with Gasteiger partial charge in [0.05, 0.1) is 11.7 Å². The Morgan fingerprint density at radius 3 is 2.67 bits per heavy atom. The van der Waals surface area contributed by atoms with Crippen molar-refractivity contribution in [1.82, 2.24) is 4.98 Å². The predicted molar refractivity (Wildman–Crippen MR) is 68.9 cm³/mol. The summed E-state index contributed by atoms with van der Waals surface area (Å²) in [6.45, 7) is -0.277. The monoisotopic (exact) mass is 304 g/mol. The number of hydrogen-bond donors (Lipinski definition) is 2. The predicted octanol–water partition coefficient (Wildman–Crippen LogP) is 2.29. The van der Waals surface area contributed by atoms with Gasteiger partial charge in [0.25, 0.3) is 11.5 Å². The molecule has 0 bridgehead atoms. The Bertz CT molecular complexity index is 563. The molecule has 1 amide bonds. The van der Waals surface area contributed by atoms with Crippen molar-refractivity contribution >= 4 is 11.6 Å². The van der Waals surface area contributed by atoms with Crippen LogP contribution in [0.5, 0.6) is 0 Å². The lowest BCUT2D eigenvalue weighted by Crippen LogP contribution is -2.26. The van der Waals surface area contributed by atoms with Crippen molar-refractivity contribution in [2.75, 3.05) is 11.9 Å². The van der Waals surface area contributed by atoms with Crippen molar-refractivity contribution in [1.29, 1.82) is 0 Å². The van der Waals surface area contributed by atoms with E-state index in [0.29, 0.717) is 12.3 Å². The third-order valence-electron chi connectivity index (χ3n) is 3.26. The number of amides is 1. The Hall–Kier alpha value is -1.83. The highest BCUT2D eigenvalue weighted by molar-refractivity contribution is 5.91. The number of alkyl halides is 3. The molecule has 2 rings (SSSR count). The van der Waals surface area contributed by atoms with Gasteiger partial charge in [-0.05, 0) is 18.9 Å². The molecule has 1 aromatic rings. The van der Waals surface area contributed by atoms with Crippen LogP contribution < -0.4 is 10.9 Å². The van der Waals surface area contributed by atoms with Crippen molar-refractivity contribution in [3.63, 3.8) is 0 Å². The Kier molecular flexibility index (Phi) is 4.66. The Balaban J connectivity index is 1.97. The maximum Gasteiger partial charge on any atom is 0.417 e. The standard InChI is InChI=1S/C13H15F3N2O3/c14-13(15,16)8-5-10(12(20)17-6-8)18-11(19)7-21-9-3-1-2-4-9/h5-6,9H,1-4,7H2,(H,17,20)(H,18,19). The van der Waals surface area contributed by atoms with E-state index in [9.17, 15) is 22.8 Å². The molecule has 8 heteroatoms. The van der Waals surface area contributed by atoms with Gasteiger partial charge in [-0.15, -0.1) is 0 Å². The molecule has 0 saturated heterocycles. The van der Waals surface area contributed by atoms with E-state index in [2.05, 4.69) is 5.32 Å². The van der Waals surface area contributed by atoms with E-state index < -0.39 is 28.9 Å². The molecule has 1 aliphatic rings. The summed E-state index contributed by atoms with van der Waals surface area (Å²) in [4.78, 5) is 25.0. The first kappa shape index (κ1) is 15.6. The fourth-order valence-electron chi connectivity index (χ4n) is 2.18. The summed E-state index contributed by atoms with van der Waals surface area (Å²) in [5.41, 5.74) is -2.27. The molecule has 1 heterocycles. The summed E-state index contributed by atoms with van der Waals surface area (Å²) in [5, 5.41) is 2.14. The number of halogens is 3. The number of aromatic nitrogens is 1. The summed E-state index contributed by atoms with van der Waals surface area (Å²) >= 11 is 0. The van der Waals surface area contributed by atoms with E-state index in [1.807, 2.05) is 4.98 Å². The molecular formula is C13H15F3N2O3. The summed E-state index contributed by atoms with van der Waals surface area (Å²) in [6.07, 6.45) is -0.194. The highest BCUT2D eigenvalue weighted by atomic mass is 19.4. The van der Waals surface area contributed by atoms with Gasteiger partial charge in [0.1, 0.15) is 12.3 Å². The first-order valence-electron chi connectivity index (χ1n) is 6.57. The molecule has 0 radical (unpaired) electrons. The minimum absolute atomic E-state index is 0.00976. The van der Waals surface area contributed by atoms with Crippen LogP contribution in [0.1, 0.15) is 31.2 Å². The largest absolute Gasteiger partial charge is 0.417 e. The van der Waals surface area contributed by atoms with Crippen molar-refractivity contribution in [3.8, 4) is 0 Å². The number of hydrogen-bond acceptors (Lipinski definition) is 3. The third kappa shape index (κ3) is 4.32. The van der Waals surface area contributed by atoms with Gasteiger partial charge in [0.2, 0.25) is 0 Å². The van der Waals surface area contributed by atoms with Crippen LogP contribution in [0, 0.1) is 0 Å². The zero-order valence-corrected chi connectivity index (χ0v) is 11.1. The molecule has 116 valence electrons. The van der Waals surface area contributed by atoms with Crippen LogP contribution in [0.4, 0.5) is 18.9 Å². The minimum atomic E-state index is -4.59. The van der Waals surface area contributed by atoms with Crippen molar-refractivity contribution in [2.45, 2.75) is 38.0 Å². The highest BCUT2D eigenvalue weighted by Gasteiger charge is 2.31. The molecule has 1 saturated carbocycles. The van der Waals surface area contributed by atoms with Crippen LogP contribution >= 0.6 is 0 Å². The smallest absolute Gasteiger partial charge is 0.368 e. The normalized spacial score (nSPS) is 16.1.